The molecule has 6 nitrogen and oxygen atoms in total. The summed E-state index contributed by atoms with van der Waals surface area (Å²) in [5, 5.41) is 28.2. The van der Waals surface area contributed by atoms with Crippen LogP contribution in [0.1, 0.15) is 16.7 Å². The van der Waals surface area contributed by atoms with Gasteiger partial charge >= 0.3 is 5.97 Å². The largest absolute Gasteiger partial charge is 0.481 e. The van der Waals surface area contributed by atoms with Gasteiger partial charge in [0.1, 0.15) is 0 Å². The highest BCUT2D eigenvalue weighted by atomic mass is 16.6. The summed E-state index contributed by atoms with van der Waals surface area (Å²) in [6.45, 7) is 1.61. The first kappa shape index (κ1) is 11.7. The van der Waals surface area contributed by atoms with Crippen molar-refractivity contribution in [2.24, 2.45) is 0 Å². The monoisotopic (exact) mass is 220 g/mol. The van der Waals surface area contributed by atoms with Crippen LogP contribution in [0.5, 0.6) is 0 Å². The van der Waals surface area contributed by atoms with Crippen LogP contribution in [0.2, 0.25) is 0 Å². The molecule has 0 aliphatic heterocycles. The first-order chi connectivity index (χ1) is 7.45. The molecule has 0 heterocycles. The molecule has 0 bridgehead atoms. The fourth-order valence-electron chi connectivity index (χ4n) is 1.40. The van der Waals surface area contributed by atoms with Gasteiger partial charge in [0.25, 0.3) is 5.69 Å². The van der Waals surface area contributed by atoms with Crippen molar-refractivity contribution in [3.63, 3.8) is 0 Å². The van der Waals surface area contributed by atoms with E-state index in [4.69, 9.17) is 10.4 Å². The lowest BCUT2D eigenvalue weighted by Crippen LogP contribution is -2.06. The predicted molar refractivity (Wildman–Crippen MR) is 53.9 cm³/mol. The van der Waals surface area contributed by atoms with Crippen molar-refractivity contribution < 1.29 is 14.8 Å². The number of nitro groups is 1. The van der Waals surface area contributed by atoms with Crippen molar-refractivity contribution in [1.29, 1.82) is 5.26 Å². The molecule has 1 rings (SSSR count). The van der Waals surface area contributed by atoms with Gasteiger partial charge in [-0.25, -0.2) is 0 Å². The number of rotatable bonds is 3. The highest BCUT2D eigenvalue weighted by Crippen LogP contribution is 2.24. The molecule has 1 N–H and O–H groups in total. The van der Waals surface area contributed by atoms with E-state index in [2.05, 4.69) is 0 Å². The summed E-state index contributed by atoms with van der Waals surface area (Å²) in [7, 11) is 0. The summed E-state index contributed by atoms with van der Waals surface area (Å²) < 4.78 is 0. The third kappa shape index (κ3) is 2.33. The molecule has 0 saturated carbocycles. The van der Waals surface area contributed by atoms with Crippen molar-refractivity contribution in [2.45, 2.75) is 13.3 Å². The van der Waals surface area contributed by atoms with Gasteiger partial charge in [-0.3, -0.25) is 14.9 Å². The minimum atomic E-state index is -1.21. The molecule has 0 spiro atoms. The first-order valence-corrected chi connectivity index (χ1v) is 4.35. The molecule has 1 aromatic carbocycles. The van der Waals surface area contributed by atoms with Crippen LogP contribution in [0.3, 0.4) is 0 Å². The Bertz CT molecular complexity index is 502. The van der Waals surface area contributed by atoms with Crippen molar-refractivity contribution in [3.8, 4) is 6.07 Å². The Labute approximate surface area is 90.9 Å². The Morgan fingerprint density at radius 1 is 1.62 bits per heavy atom. The summed E-state index contributed by atoms with van der Waals surface area (Å²) in [5.74, 6) is -1.21. The second-order valence-corrected chi connectivity index (χ2v) is 3.25. The molecule has 1 aromatic rings. The van der Waals surface area contributed by atoms with Crippen LogP contribution in [0.4, 0.5) is 5.69 Å². The highest BCUT2D eigenvalue weighted by Gasteiger charge is 2.20. The van der Waals surface area contributed by atoms with Crippen LogP contribution in [-0.2, 0) is 11.2 Å². The fourth-order valence-corrected chi connectivity index (χ4v) is 1.40. The lowest BCUT2D eigenvalue weighted by atomic mass is 10.0. The van der Waals surface area contributed by atoms with E-state index in [1.165, 1.54) is 12.1 Å². The van der Waals surface area contributed by atoms with Gasteiger partial charge in [-0.1, -0.05) is 0 Å². The second kappa shape index (κ2) is 4.40. The van der Waals surface area contributed by atoms with Crippen molar-refractivity contribution in [3.05, 3.63) is 38.9 Å². The summed E-state index contributed by atoms with van der Waals surface area (Å²) in [4.78, 5) is 20.6. The minimum absolute atomic E-state index is 0.0362. The molecular formula is C10H8N2O4. The molecule has 0 unspecified atom stereocenters. The van der Waals surface area contributed by atoms with Crippen LogP contribution in [0.25, 0.3) is 0 Å². The average molecular weight is 220 g/mol. The third-order valence-electron chi connectivity index (χ3n) is 2.02. The molecule has 0 atom stereocenters. The topological polar surface area (TPSA) is 104 Å². The Balaban J connectivity index is 3.46. The van der Waals surface area contributed by atoms with Gasteiger partial charge in [0, 0.05) is 6.07 Å². The van der Waals surface area contributed by atoms with E-state index < -0.39 is 17.3 Å². The SMILES string of the molecule is Cc1cc(C#N)c(CC(=O)O)c([N+](=O)[O-])c1. The van der Waals surface area contributed by atoms with Gasteiger partial charge < -0.3 is 5.11 Å². The van der Waals surface area contributed by atoms with Gasteiger partial charge in [0.05, 0.1) is 28.5 Å². The number of aliphatic carboxylic acids is 1. The number of aryl methyl sites for hydroxylation is 1. The van der Waals surface area contributed by atoms with E-state index in [1.807, 2.05) is 0 Å². The lowest BCUT2D eigenvalue weighted by molar-refractivity contribution is -0.385. The van der Waals surface area contributed by atoms with Crippen molar-refractivity contribution in [2.75, 3.05) is 0 Å². The summed E-state index contributed by atoms with van der Waals surface area (Å²) in [5.41, 5.74) is 0.219. The first-order valence-electron chi connectivity index (χ1n) is 4.35. The third-order valence-corrected chi connectivity index (χ3v) is 2.02. The van der Waals surface area contributed by atoms with E-state index in [0.29, 0.717) is 5.56 Å². The zero-order valence-electron chi connectivity index (χ0n) is 8.43. The number of benzene rings is 1. The van der Waals surface area contributed by atoms with Crippen molar-refractivity contribution >= 4 is 11.7 Å². The van der Waals surface area contributed by atoms with Crippen LogP contribution in [-0.4, -0.2) is 16.0 Å². The summed E-state index contributed by atoms with van der Waals surface area (Å²) in [6.07, 6.45) is -0.528. The minimum Gasteiger partial charge on any atom is -0.481 e. The number of nitro benzene ring substituents is 1. The number of carbonyl (C=O) groups is 1. The molecule has 0 aromatic heterocycles. The maximum absolute atomic E-state index is 10.7. The highest BCUT2D eigenvalue weighted by molar-refractivity contribution is 5.74. The zero-order valence-corrected chi connectivity index (χ0v) is 8.43. The van der Waals surface area contributed by atoms with Crippen molar-refractivity contribution in [1.82, 2.24) is 0 Å². The molecule has 0 amide bonds. The van der Waals surface area contributed by atoms with Crippen LogP contribution in [0, 0.1) is 28.4 Å². The number of nitriles is 1. The smallest absolute Gasteiger partial charge is 0.308 e. The van der Waals surface area contributed by atoms with Crippen LogP contribution < -0.4 is 0 Å². The normalized spacial score (nSPS) is 9.50. The lowest BCUT2D eigenvalue weighted by Gasteiger charge is -2.04. The van der Waals surface area contributed by atoms with E-state index in [1.54, 1.807) is 13.0 Å². The molecule has 16 heavy (non-hydrogen) atoms. The Hall–Kier alpha value is -2.42. The second-order valence-electron chi connectivity index (χ2n) is 3.25. The van der Waals surface area contributed by atoms with E-state index in [9.17, 15) is 14.9 Å². The number of carboxylic acid groups (broad SMARTS) is 1. The quantitative estimate of drug-likeness (QED) is 0.612. The Morgan fingerprint density at radius 2 is 2.25 bits per heavy atom. The number of nitrogens with zero attached hydrogens (tertiary/aromatic N) is 2. The molecule has 0 aliphatic rings. The molecule has 0 fully saturated rings. The van der Waals surface area contributed by atoms with E-state index in [0.717, 1.165) is 0 Å². The van der Waals surface area contributed by atoms with Crippen LogP contribution in [0.15, 0.2) is 12.1 Å². The van der Waals surface area contributed by atoms with Crippen LogP contribution >= 0.6 is 0 Å². The number of hydrogen-bond donors (Lipinski definition) is 1. The molecule has 0 saturated heterocycles. The molecular weight excluding hydrogens is 212 g/mol. The van der Waals surface area contributed by atoms with E-state index >= 15 is 0 Å². The Morgan fingerprint density at radius 3 is 2.69 bits per heavy atom. The standard InChI is InChI=1S/C10H8N2O4/c1-6-2-7(5-11)8(4-10(13)14)9(3-6)12(15)16/h2-3H,4H2,1H3,(H,13,14). The summed E-state index contributed by atoms with van der Waals surface area (Å²) in [6, 6.07) is 4.47. The molecule has 0 radical (unpaired) electrons. The van der Waals surface area contributed by atoms with E-state index in [-0.39, 0.29) is 16.8 Å². The zero-order chi connectivity index (χ0) is 12.3. The number of carboxylic acids is 1. The van der Waals surface area contributed by atoms with Gasteiger partial charge in [0.15, 0.2) is 0 Å². The number of hydrogen-bond acceptors (Lipinski definition) is 4. The maximum Gasteiger partial charge on any atom is 0.308 e. The Kier molecular flexibility index (Phi) is 3.20. The molecule has 82 valence electrons. The molecule has 0 aliphatic carbocycles. The predicted octanol–water partition coefficient (Wildman–Crippen LogP) is 1.40. The fraction of sp³-hybridized carbons (Fsp3) is 0.200. The maximum atomic E-state index is 10.7. The summed E-state index contributed by atoms with van der Waals surface area (Å²) >= 11 is 0. The van der Waals surface area contributed by atoms with Gasteiger partial charge in [-0.2, -0.15) is 5.26 Å². The van der Waals surface area contributed by atoms with Gasteiger partial charge in [-0.05, 0) is 18.6 Å². The molecule has 6 heteroatoms. The average Bonchev–Trinajstić information content (AvgIpc) is 2.19. The van der Waals surface area contributed by atoms with Gasteiger partial charge in [-0.15, -0.1) is 0 Å². The van der Waals surface area contributed by atoms with Gasteiger partial charge in [0.2, 0.25) is 0 Å².